The molecule has 1 aromatic heterocycles. The first kappa shape index (κ1) is 7.38. The Morgan fingerprint density at radius 2 is 2.50 bits per heavy atom. The fraction of sp³-hybridized carbons (Fsp3) is 0.571. The van der Waals surface area contributed by atoms with Crippen molar-refractivity contribution in [3.63, 3.8) is 0 Å². The zero-order chi connectivity index (χ0) is 7.56. The van der Waals surface area contributed by atoms with E-state index >= 15 is 0 Å². The number of hydrogen-bond acceptors (Lipinski definition) is 1. The van der Waals surface area contributed by atoms with Crippen LogP contribution in [0, 0.1) is 0 Å². The van der Waals surface area contributed by atoms with E-state index in [-0.39, 0.29) is 0 Å². The van der Waals surface area contributed by atoms with Crippen molar-refractivity contribution >= 4 is 13.3 Å². The number of aromatic nitrogens is 2. The first-order valence-corrected chi connectivity index (χ1v) is 3.53. The van der Waals surface area contributed by atoms with Crippen molar-refractivity contribution in [3.8, 4) is 0 Å². The molecule has 2 nitrogen and oxygen atoms in total. The van der Waals surface area contributed by atoms with Gasteiger partial charge in [0.2, 0.25) is 0 Å². The lowest BCUT2D eigenvalue weighted by Gasteiger charge is -2.07. The molecule has 0 aromatic carbocycles. The molecule has 1 rings (SSSR count). The summed E-state index contributed by atoms with van der Waals surface area (Å²) >= 11 is 0. The van der Waals surface area contributed by atoms with Crippen LogP contribution in [0.2, 0.25) is 0 Å². The van der Waals surface area contributed by atoms with E-state index in [0.29, 0.717) is 6.04 Å². The van der Waals surface area contributed by atoms with Gasteiger partial charge in [0.25, 0.3) is 0 Å². The molecule has 3 heteroatoms. The van der Waals surface area contributed by atoms with E-state index in [4.69, 9.17) is 7.85 Å². The molecule has 10 heavy (non-hydrogen) atoms. The molecule has 0 N–H and O–H groups in total. The summed E-state index contributed by atoms with van der Waals surface area (Å²) in [4.78, 5) is 0. The van der Waals surface area contributed by atoms with E-state index in [1.54, 1.807) is 6.20 Å². The summed E-state index contributed by atoms with van der Waals surface area (Å²) < 4.78 is 1.88. The minimum Gasteiger partial charge on any atom is -0.271 e. The van der Waals surface area contributed by atoms with Gasteiger partial charge in [0.05, 0.1) is 0 Å². The second-order valence-electron chi connectivity index (χ2n) is 2.51. The first-order chi connectivity index (χ1) is 4.74. The Morgan fingerprint density at radius 3 is 2.90 bits per heavy atom. The van der Waals surface area contributed by atoms with Gasteiger partial charge in [-0.15, -0.1) is 0 Å². The quantitative estimate of drug-likeness (QED) is 0.543. The van der Waals surface area contributed by atoms with Gasteiger partial charge >= 0.3 is 0 Å². The van der Waals surface area contributed by atoms with Crippen LogP contribution in [0.3, 0.4) is 0 Å². The monoisotopic (exact) mass is 134 g/mol. The minimum atomic E-state index is 0.456. The lowest BCUT2D eigenvalue weighted by molar-refractivity contribution is 0.478. The lowest BCUT2D eigenvalue weighted by Crippen LogP contribution is -2.05. The third-order valence-corrected chi connectivity index (χ3v) is 1.66. The van der Waals surface area contributed by atoms with Crippen molar-refractivity contribution in [1.82, 2.24) is 9.78 Å². The van der Waals surface area contributed by atoms with Crippen LogP contribution in [0.15, 0.2) is 12.4 Å². The third-order valence-electron chi connectivity index (χ3n) is 1.66. The molecule has 0 amide bonds. The van der Waals surface area contributed by atoms with Crippen LogP contribution in [0.25, 0.3) is 0 Å². The van der Waals surface area contributed by atoms with Crippen LogP contribution in [-0.4, -0.2) is 17.6 Å². The standard InChI is InChI=1S/C7H11BN2/c1-3-6(2)10-5-7(8)4-9-10/h4-6H,3H2,1-2H3/t6-/m0/s1. The van der Waals surface area contributed by atoms with E-state index in [1.165, 1.54) is 0 Å². The molecule has 0 fully saturated rings. The SMILES string of the molecule is [B]c1cnn([C@@H](C)CC)c1. The van der Waals surface area contributed by atoms with Crippen molar-refractivity contribution in [3.05, 3.63) is 12.4 Å². The van der Waals surface area contributed by atoms with Gasteiger partial charge in [-0.3, -0.25) is 4.68 Å². The molecule has 0 aliphatic rings. The number of nitrogens with zero attached hydrogens (tertiary/aromatic N) is 2. The van der Waals surface area contributed by atoms with Gasteiger partial charge in [-0.05, 0) is 13.3 Å². The highest BCUT2D eigenvalue weighted by atomic mass is 15.3. The molecule has 0 aliphatic carbocycles. The molecule has 1 heterocycles. The van der Waals surface area contributed by atoms with Crippen LogP contribution < -0.4 is 5.46 Å². The van der Waals surface area contributed by atoms with Gasteiger partial charge in [-0.1, -0.05) is 12.4 Å². The van der Waals surface area contributed by atoms with Crippen LogP contribution in [-0.2, 0) is 0 Å². The number of rotatable bonds is 2. The minimum absolute atomic E-state index is 0.456. The lowest BCUT2D eigenvalue weighted by atomic mass is 10.0. The Morgan fingerprint density at radius 1 is 1.80 bits per heavy atom. The van der Waals surface area contributed by atoms with Gasteiger partial charge in [0.1, 0.15) is 7.85 Å². The van der Waals surface area contributed by atoms with E-state index in [1.807, 2.05) is 10.9 Å². The fourth-order valence-electron chi connectivity index (χ4n) is 0.781. The average Bonchev–Trinajstić information content (AvgIpc) is 2.34. The zero-order valence-electron chi connectivity index (χ0n) is 6.41. The van der Waals surface area contributed by atoms with E-state index in [2.05, 4.69) is 18.9 Å². The molecule has 0 aliphatic heterocycles. The second kappa shape index (κ2) is 2.91. The van der Waals surface area contributed by atoms with Crippen LogP contribution in [0.5, 0.6) is 0 Å². The van der Waals surface area contributed by atoms with Crippen LogP contribution in [0.1, 0.15) is 26.3 Å². The summed E-state index contributed by atoms with van der Waals surface area (Å²) in [5.74, 6) is 0. The molecular formula is C7H11BN2. The molecule has 0 bridgehead atoms. The second-order valence-corrected chi connectivity index (χ2v) is 2.51. The Hall–Kier alpha value is -0.725. The maximum Gasteiger partial charge on any atom is 0.118 e. The molecule has 52 valence electrons. The summed E-state index contributed by atoms with van der Waals surface area (Å²) in [5, 5.41) is 4.08. The highest BCUT2D eigenvalue weighted by molar-refractivity contribution is 6.31. The molecule has 0 saturated carbocycles. The van der Waals surface area contributed by atoms with Gasteiger partial charge < -0.3 is 0 Å². The number of hydrogen-bond donors (Lipinski definition) is 0. The van der Waals surface area contributed by atoms with E-state index < -0.39 is 0 Å². The highest BCUT2D eigenvalue weighted by Gasteiger charge is 2.00. The normalized spacial score (nSPS) is 13.4. The van der Waals surface area contributed by atoms with Crippen molar-refractivity contribution in [2.24, 2.45) is 0 Å². The highest BCUT2D eigenvalue weighted by Crippen LogP contribution is 2.05. The maximum absolute atomic E-state index is 5.49. The predicted octanol–water partition coefficient (Wildman–Crippen LogP) is 0.648. The Labute approximate surface area is 62.7 Å². The van der Waals surface area contributed by atoms with Crippen molar-refractivity contribution in [1.29, 1.82) is 0 Å². The smallest absolute Gasteiger partial charge is 0.118 e. The van der Waals surface area contributed by atoms with Crippen LogP contribution in [0.4, 0.5) is 0 Å². The van der Waals surface area contributed by atoms with Gasteiger partial charge in [-0.25, -0.2) is 0 Å². The fourth-order valence-corrected chi connectivity index (χ4v) is 0.781. The maximum atomic E-state index is 5.49. The predicted molar refractivity (Wildman–Crippen MR) is 42.6 cm³/mol. The zero-order valence-corrected chi connectivity index (χ0v) is 6.41. The summed E-state index contributed by atoms with van der Waals surface area (Å²) in [5.41, 5.74) is 0.736. The topological polar surface area (TPSA) is 17.8 Å². The summed E-state index contributed by atoms with van der Waals surface area (Å²) in [7, 11) is 5.49. The molecule has 1 atom stereocenters. The van der Waals surface area contributed by atoms with Crippen molar-refractivity contribution < 1.29 is 0 Å². The average molecular weight is 134 g/mol. The van der Waals surface area contributed by atoms with Gasteiger partial charge in [0.15, 0.2) is 0 Å². The molecular weight excluding hydrogens is 123 g/mol. The Bertz CT molecular complexity index is 207. The Kier molecular flexibility index (Phi) is 2.15. The van der Waals surface area contributed by atoms with Gasteiger partial charge in [-0.2, -0.15) is 5.10 Å². The van der Waals surface area contributed by atoms with E-state index in [9.17, 15) is 0 Å². The molecule has 1 aromatic rings. The van der Waals surface area contributed by atoms with Crippen molar-refractivity contribution in [2.45, 2.75) is 26.3 Å². The van der Waals surface area contributed by atoms with Crippen LogP contribution >= 0.6 is 0 Å². The Balaban J connectivity index is 2.74. The molecule has 0 unspecified atom stereocenters. The van der Waals surface area contributed by atoms with Crippen molar-refractivity contribution in [2.75, 3.05) is 0 Å². The summed E-state index contributed by atoms with van der Waals surface area (Å²) in [6.45, 7) is 4.25. The molecule has 2 radical (unpaired) electrons. The summed E-state index contributed by atoms with van der Waals surface area (Å²) in [6.07, 6.45) is 4.61. The largest absolute Gasteiger partial charge is 0.271 e. The summed E-state index contributed by atoms with van der Waals surface area (Å²) in [6, 6.07) is 0.456. The molecule has 0 saturated heterocycles. The van der Waals surface area contributed by atoms with Gasteiger partial charge in [0, 0.05) is 18.4 Å². The molecule has 0 spiro atoms. The third kappa shape index (κ3) is 1.41. The van der Waals surface area contributed by atoms with E-state index in [0.717, 1.165) is 11.9 Å². The first-order valence-electron chi connectivity index (χ1n) is 3.53.